The molecule has 0 saturated carbocycles. The molecular weight excluding hydrogens is 292 g/mol. The van der Waals surface area contributed by atoms with Crippen molar-refractivity contribution in [3.8, 4) is 0 Å². The van der Waals surface area contributed by atoms with E-state index in [0.29, 0.717) is 52.8 Å². The second-order valence-electron chi connectivity index (χ2n) is 3.69. The molecular formula is C14H32N2O6. The molecule has 0 bridgehead atoms. The average Bonchev–Trinajstić information content (AvgIpc) is 2.54. The molecule has 0 fully saturated rings. The Balaban J connectivity index is 0. The Labute approximate surface area is 133 Å². The van der Waals surface area contributed by atoms with Gasteiger partial charge in [0.15, 0.2) is 0 Å². The molecule has 8 nitrogen and oxygen atoms in total. The van der Waals surface area contributed by atoms with Crippen molar-refractivity contribution in [3.05, 3.63) is 0 Å². The average molecular weight is 324 g/mol. The Kier molecular flexibility index (Phi) is 24.0. The van der Waals surface area contributed by atoms with Crippen molar-refractivity contribution in [2.75, 3.05) is 73.2 Å². The van der Waals surface area contributed by atoms with Gasteiger partial charge in [0.1, 0.15) is 6.61 Å². The number of carbonyl (C=O) groups is 1. The van der Waals surface area contributed by atoms with E-state index in [-0.39, 0.29) is 19.2 Å². The van der Waals surface area contributed by atoms with Crippen molar-refractivity contribution in [1.82, 2.24) is 5.32 Å². The number of nitrogens with one attached hydrogen (secondary N) is 1. The summed E-state index contributed by atoms with van der Waals surface area (Å²) >= 11 is 0. The lowest BCUT2D eigenvalue weighted by Crippen LogP contribution is -2.30. The molecule has 0 saturated heterocycles. The number of hydrogen-bond acceptors (Lipinski definition) is 7. The Morgan fingerprint density at radius 1 is 0.864 bits per heavy atom. The minimum absolute atomic E-state index is 0.0689. The van der Waals surface area contributed by atoms with Gasteiger partial charge >= 0.3 is 0 Å². The summed E-state index contributed by atoms with van der Waals surface area (Å²) in [6.07, 6.45) is 0. The fourth-order valence-corrected chi connectivity index (χ4v) is 1.19. The summed E-state index contributed by atoms with van der Waals surface area (Å²) in [6.45, 7) is 8.20. The third-order valence-corrected chi connectivity index (χ3v) is 2.08. The molecule has 0 rings (SSSR count). The lowest BCUT2D eigenvalue weighted by atomic mass is 10.6. The van der Waals surface area contributed by atoms with Crippen LogP contribution in [0.5, 0.6) is 0 Å². The molecule has 0 atom stereocenters. The Hall–Kier alpha value is -0.770. The molecule has 8 heteroatoms. The molecule has 0 aromatic rings. The lowest BCUT2D eigenvalue weighted by molar-refractivity contribution is -0.125. The molecule has 0 aromatic heterocycles. The van der Waals surface area contributed by atoms with Crippen LogP contribution in [0.3, 0.4) is 0 Å². The third-order valence-electron chi connectivity index (χ3n) is 2.08. The van der Waals surface area contributed by atoms with E-state index >= 15 is 0 Å². The molecule has 134 valence electrons. The summed E-state index contributed by atoms with van der Waals surface area (Å²) in [5.41, 5.74) is 5.14. The minimum atomic E-state index is -0.150. The molecule has 0 aromatic carbocycles. The predicted molar refractivity (Wildman–Crippen MR) is 83.7 cm³/mol. The second kappa shape index (κ2) is 22.5. The van der Waals surface area contributed by atoms with E-state index in [4.69, 9.17) is 24.7 Å². The zero-order valence-corrected chi connectivity index (χ0v) is 14.1. The smallest absolute Gasteiger partial charge is 0.246 e. The van der Waals surface area contributed by atoms with E-state index in [2.05, 4.69) is 10.1 Å². The van der Waals surface area contributed by atoms with Gasteiger partial charge in [-0.1, -0.05) is 13.8 Å². The quantitative estimate of drug-likeness (QED) is 0.316. The fourth-order valence-electron chi connectivity index (χ4n) is 1.19. The second-order valence-corrected chi connectivity index (χ2v) is 3.69. The number of nitrogens with two attached hydrogens (primary N) is 1. The van der Waals surface area contributed by atoms with Gasteiger partial charge in [-0.15, -0.1) is 0 Å². The van der Waals surface area contributed by atoms with Crippen molar-refractivity contribution in [3.63, 3.8) is 0 Å². The fraction of sp³-hybridized carbons (Fsp3) is 0.929. The summed E-state index contributed by atoms with van der Waals surface area (Å²) < 4.78 is 25.3. The van der Waals surface area contributed by atoms with E-state index in [1.807, 2.05) is 13.8 Å². The number of carbonyl (C=O) groups excluding carboxylic acids is 1. The zero-order valence-electron chi connectivity index (χ0n) is 14.1. The summed E-state index contributed by atoms with van der Waals surface area (Å²) in [5.74, 6) is -0.150. The van der Waals surface area contributed by atoms with Gasteiger partial charge in [-0.3, -0.25) is 4.79 Å². The van der Waals surface area contributed by atoms with E-state index in [9.17, 15) is 4.79 Å². The first-order chi connectivity index (χ1) is 10.8. The Bertz CT molecular complexity index is 220. The van der Waals surface area contributed by atoms with Gasteiger partial charge in [0.2, 0.25) is 5.91 Å². The highest BCUT2D eigenvalue weighted by Crippen LogP contribution is 1.82. The first-order valence-corrected chi connectivity index (χ1v) is 7.58. The van der Waals surface area contributed by atoms with Crippen LogP contribution in [0, 0.1) is 0 Å². The van der Waals surface area contributed by atoms with Crippen LogP contribution in [-0.4, -0.2) is 79.1 Å². The van der Waals surface area contributed by atoms with Crippen LogP contribution < -0.4 is 11.1 Å². The van der Waals surface area contributed by atoms with Crippen LogP contribution in [0.25, 0.3) is 0 Å². The lowest BCUT2D eigenvalue weighted by Gasteiger charge is -2.07. The van der Waals surface area contributed by atoms with Crippen molar-refractivity contribution in [1.29, 1.82) is 0 Å². The van der Waals surface area contributed by atoms with Crippen molar-refractivity contribution in [2.45, 2.75) is 13.8 Å². The van der Waals surface area contributed by atoms with Crippen LogP contribution in [-0.2, 0) is 28.5 Å². The monoisotopic (exact) mass is 324 g/mol. The topological polar surface area (TPSA) is 101 Å². The molecule has 0 radical (unpaired) electrons. The predicted octanol–water partition coefficient (Wildman–Crippen LogP) is -0.242. The maximum absolute atomic E-state index is 11.0. The molecule has 0 heterocycles. The summed E-state index contributed by atoms with van der Waals surface area (Å²) in [4.78, 5) is 11.0. The van der Waals surface area contributed by atoms with Gasteiger partial charge in [-0.05, 0) is 0 Å². The normalized spacial score (nSPS) is 10.0. The maximum Gasteiger partial charge on any atom is 0.246 e. The standard InChI is InChI=1S/C12H26N2O6.C2H6/c1-16-10-12(15)14-2-3-17-4-5-18-6-7-19-8-9-20-11-13;1-2/h2-11,13H2,1H3,(H,14,15);1-2H3. The number of amides is 1. The largest absolute Gasteiger partial charge is 0.377 e. The highest BCUT2D eigenvalue weighted by atomic mass is 16.6. The van der Waals surface area contributed by atoms with Gasteiger partial charge in [0, 0.05) is 13.7 Å². The van der Waals surface area contributed by atoms with Gasteiger partial charge in [0.05, 0.1) is 53.0 Å². The van der Waals surface area contributed by atoms with Crippen LogP contribution in [0.2, 0.25) is 0 Å². The Morgan fingerprint density at radius 2 is 1.32 bits per heavy atom. The number of rotatable bonds is 15. The zero-order chi connectivity index (χ0) is 16.9. The summed E-state index contributed by atoms with van der Waals surface area (Å²) in [5, 5.41) is 2.65. The summed E-state index contributed by atoms with van der Waals surface area (Å²) in [6, 6.07) is 0. The molecule has 1 amide bonds. The highest BCUT2D eigenvalue weighted by molar-refractivity contribution is 5.77. The SMILES string of the molecule is CC.COCC(=O)NCCOCCOCCOCCOCN. The molecule has 0 spiro atoms. The van der Waals surface area contributed by atoms with E-state index in [1.54, 1.807) is 0 Å². The van der Waals surface area contributed by atoms with E-state index < -0.39 is 0 Å². The highest BCUT2D eigenvalue weighted by Gasteiger charge is 1.97. The number of methoxy groups -OCH3 is 1. The molecule has 0 unspecified atom stereocenters. The molecule has 0 aliphatic heterocycles. The van der Waals surface area contributed by atoms with Crippen LogP contribution in [0.15, 0.2) is 0 Å². The minimum Gasteiger partial charge on any atom is -0.377 e. The molecule has 0 aliphatic rings. The van der Waals surface area contributed by atoms with Gasteiger partial charge in [-0.25, -0.2) is 0 Å². The third kappa shape index (κ3) is 21.5. The van der Waals surface area contributed by atoms with Gasteiger partial charge < -0.3 is 34.7 Å². The Morgan fingerprint density at radius 3 is 1.77 bits per heavy atom. The molecule has 3 N–H and O–H groups in total. The van der Waals surface area contributed by atoms with Crippen molar-refractivity contribution < 1.29 is 28.5 Å². The van der Waals surface area contributed by atoms with Gasteiger partial charge in [0.25, 0.3) is 0 Å². The van der Waals surface area contributed by atoms with E-state index in [0.717, 1.165) is 0 Å². The van der Waals surface area contributed by atoms with Crippen molar-refractivity contribution >= 4 is 5.91 Å². The maximum atomic E-state index is 11.0. The summed E-state index contributed by atoms with van der Waals surface area (Å²) in [7, 11) is 1.47. The van der Waals surface area contributed by atoms with Gasteiger partial charge in [-0.2, -0.15) is 0 Å². The number of hydrogen-bond donors (Lipinski definition) is 2. The molecule has 0 aliphatic carbocycles. The first kappa shape index (κ1) is 23.5. The van der Waals surface area contributed by atoms with Crippen LogP contribution >= 0.6 is 0 Å². The van der Waals surface area contributed by atoms with E-state index in [1.165, 1.54) is 7.11 Å². The first-order valence-electron chi connectivity index (χ1n) is 7.58. The van der Waals surface area contributed by atoms with Crippen molar-refractivity contribution in [2.24, 2.45) is 5.73 Å². The molecule has 22 heavy (non-hydrogen) atoms. The van der Waals surface area contributed by atoms with Crippen LogP contribution in [0.1, 0.15) is 13.8 Å². The van der Waals surface area contributed by atoms with Crippen LogP contribution in [0.4, 0.5) is 0 Å². The number of ether oxygens (including phenoxy) is 5.